The highest BCUT2D eigenvalue weighted by molar-refractivity contribution is 9.10. The molecule has 0 fully saturated rings. The standard InChI is InChI=1S/C12H11BrN4S/c13-9-3-1-8(2-4-9)11-6-5-10(18-11)7-16-17-12(14)15/h1-7H,(H4,14,15,17). The van der Waals surface area contributed by atoms with E-state index < -0.39 is 0 Å². The molecule has 2 rings (SSSR count). The zero-order valence-corrected chi connectivity index (χ0v) is 11.8. The smallest absolute Gasteiger partial charge is 0.211 e. The number of thiophene rings is 1. The summed E-state index contributed by atoms with van der Waals surface area (Å²) < 4.78 is 1.07. The van der Waals surface area contributed by atoms with Crippen LogP contribution < -0.4 is 11.5 Å². The Hall–Kier alpha value is -1.66. The van der Waals surface area contributed by atoms with E-state index in [1.54, 1.807) is 17.6 Å². The Bertz CT molecular complexity index is 582. The first-order chi connectivity index (χ1) is 8.65. The molecule has 0 unspecified atom stereocenters. The van der Waals surface area contributed by atoms with E-state index in [0.717, 1.165) is 9.35 Å². The molecule has 0 aliphatic rings. The number of rotatable bonds is 3. The second-order valence-electron chi connectivity index (χ2n) is 3.48. The van der Waals surface area contributed by atoms with Crippen LogP contribution in [0.3, 0.4) is 0 Å². The van der Waals surface area contributed by atoms with Crippen molar-refractivity contribution in [3.63, 3.8) is 0 Å². The van der Waals surface area contributed by atoms with Gasteiger partial charge in [0.25, 0.3) is 0 Å². The molecule has 1 aromatic heterocycles. The van der Waals surface area contributed by atoms with Crippen molar-refractivity contribution in [3.05, 3.63) is 45.7 Å². The molecule has 0 amide bonds. The summed E-state index contributed by atoms with van der Waals surface area (Å²) in [4.78, 5) is 2.17. The molecular formula is C12H11BrN4S. The van der Waals surface area contributed by atoms with Crippen LogP contribution in [0, 0.1) is 0 Å². The van der Waals surface area contributed by atoms with Crippen molar-refractivity contribution in [3.8, 4) is 10.4 Å². The van der Waals surface area contributed by atoms with Gasteiger partial charge in [-0.25, -0.2) is 0 Å². The maximum Gasteiger partial charge on any atom is 0.211 e. The summed E-state index contributed by atoms with van der Waals surface area (Å²) in [6.07, 6.45) is 1.63. The fraction of sp³-hybridized carbons (Fsp3) is 0. The summed E-state index contributed by atoms with van der Waals surface area (Å²) in [6, 6.07) is 12.2. The fourth-order valence-electron chi connectivity index (χ4n) is 1.34. The Morgan fingerprint density at radius 3 is 2.50 bits per heavy atom. The van der Waals surface area contributed by atoms with E-state index in [4.69, 9.17) is 11.5 Å². The van der Waals surface area contributed by atoms with Crippen LogP contribution in [0.1, 0.15) is 4.88 Å². The largest absolute Gasteiger partial charge is 0.369 e. The van der Waals surface area contributed by atoms with Gasteiger partial charge in [0, 0.05) is 14.2 Å². The highest BCUT2D eigenvalue weighted by atomic mass is 79.9. The molecule has 1 heterocycles. The summed E-state index contributed by atoms with van der Waals surface area (Å²) in [5.74, 6) is -0.0454. The van der Waals surface area contributed by atoms with E-state index in [1.807, 2.05) is 24.3 Å². The van der Waals surface area contributed by atoms with Crippen LogP contribution in [0.25, 0.3) is 10.4 Å². The third kappa shape index (κ3) is 3.41. The number of hydrogen-bond acceptors (Lipinski definition) is 3. The molecule has 2 aromatic rings. The van der Waals surface area contributed by atoms with Gasteiger partial charge in [-0.15, -0.1) is 16.4 Å². The predicted molar refractivity (Wildman–Crippen MR) is 80.9 cm³/mol. The minimum absolute atomic E-state index is 0.0454. The van der Waals surface area contributed by atoms with E-state index in [1.165, 1.54) is 10.4 Å². The molecule has 0 atom stereocenters. The normalized spacial score (nSPS) is 10.7. The predicted octanol–water partition coefficient (Wildman–Crippen LogP) is 2.78. The molecule has 0 saturated carbocycles. The summed E-state index contributed by atoms with van der Waals surface area (Å²) >= 11 is 5.04. The van der Waals surface area contributed by atoms with E-state index in [0.29, 0.717) is 0 Å². The number of guanidine groups is 1. The Labute approximate surface area is 117 Å². The zero-order chi connectivity index (χ0) is 13.0. The maximum absolute atomic E-state index is 5.18. The molecule has 4 N–H and O–H groups in total. The molecule has 18 heavy (non-hydrogen) atoms. The number of benzene rings is 1. The van der Waals surface area contributed by atoms with Gasteiger partial charge in [-0.1, -0.05) is 28.1 Å². The van der Waals surface area contributed by atoms with Crippen molar-refractivity contribution >= 4 is 39.4 Å². The van der Waals surface area contributed by atoms with Crippen molar-refractivity contribution in [2.45, 2.75) is 0 Å². The Kier molecular flexibility index (Phi) is 4.11. The highest BCUT2D eigenvalue weighted by Crippen LogP contribution is 2.28. The highest BCUT2D eigenvalue weighted by Gasteiger charge is 2.01. The summed E-state index contributed by atoms with van der Waals surface area (Å²) in [5.41, 5.74) is 11.5. The molecular weight excluding hydrogens is 312 g/mol. The molecule has 0 aliphatic heterocycles. The molecule has 0 saturated heterocycles. The van der Waals surface area contributed by atoms with Gasteiger partial charge in [-0.2, -0.15) is 5.10 Å². The van der Waals surface area contributed by atoms with Crippen molar-refractivity contribution in [2.75, 3.05) is 0 Å². The maximum atomic E-state index is 5.18. The quantitative estimate of drug-likeness (QED) is 0.518. The Morgan fingerprint density at radius 1 is 1.11 bits per heavy atom. The number of nitrogens with two attached hydrogens (primary N) is 2. The number of nitrogens with zero attached hydrogens (tertiary/aromatic N) is 2. The number of halogens is 1. The molecule has 1 aromatic carbocycles. The average molecular weight is 323 g/mol. The van der Waals surface area contributed by atoms with Crippen molar-refractivity contribution in [1.82, 2.24) is 0 Å². The minimum atomic E-state index is -0.0454. The van der Waals surface area contributed by atoms with Crippen molar-refractivity contribution < 1.29 is 0 Å². The fourth-order valence-corrected chi connectivity index (χ4v) is 2.49. The van der Waals surface area contributed by atoms with E-state index in [9.17, 15) is 0 Å². The summed E-state index contributed by atoms with van der Waals surface area (Å²) in [7, 11) is 0. The molecule has 0 bridgehead atoms. The second-order valence-corrected chi connectivity index (χ2v) is 5.51. The third-order valence-electron chi connectivity index (χ3n) is 2.11. The van der Waals surface area contributed by atoms with Gasteiger partial charge in [0.2, 0.25) is 5.96 Å². The van der Waals surface area contributed by atoms with Gasteiger partial charge < -0.3 is 11.5 Å². The van der Waals surface area contributed by atoms with Crippen molar-refractivity contribution in [1.29, 1.82) is 0 Å². The topological polar surface area (TPSA) is 76.8 Å². The minimum Gasteiger partial charge on any atom is -0.369 e. The van der Waals surface area contributed by atoms with Gasteiger partial charge in [0.05, 0.1) is 6.21 Å². The first kappa shape index (κ1) is 12.8. The lowest BCUT2D eigenvalue weighted by molar-refractivity contribution is 1.22. The zero-order valence-electron chi connectivity index (χ0n) is 9.38. The molecule has 6 heteroatoms. The lowest BCUT2D eigenvalue weighted by Crippen LogP contribution is -2.21. The van der Waals surface area contributed by atoms with Gasteiger partial charge in [-0.3, -0.25) is 0 Å². The SMILES string of the molecule is NC(N)=NN=Cc1ccc(-c2ccc(Br)cc2)s1. The van der Waals surface area contributed by atoms with Crippen LogP contribution >= 0.6 is 27.3 Å². The van der Waals surface area contributed by atoms with Crippen LogP contribution in [0.2, 0.25) is 0 Å². The van der Waals surface area contributed by atoms with E-state index >= 15 is 0 Å². The average Bonchev–Trinajstić information content (AvgIpc) is 2.78. The third-order valence-corrected chi connectivity index (χ3v) is 3.71. The van der Waals surface area contributed by atoms with Gasteiger partial charge in [-0.05, 0) is 29.8 Å². The lowest BCUT2D eigenvalue weighted by atomic mass is 10.2. The molecule has 0 spiro atoms. The molecule has 0 aliphatic carbocycles. The first-order valence-corrected chi connectivity index (χ1v) is 6.74. The van der Waals surface area contributed by atoms with Crippen LogP contribution in [-0.2, 0) is 0 Å². The van der Waals surface area contributed by atoms with E-state index in [2.05, 4.69) is 38.3 Å². The second kappa shape index (κ2) is 5.79. The van der Waals surface area contributed by atoms with Crippen LogP contribution in [0.5, 0.6) is 0 Å². The first-order valence-electron chi connectivity index (χ1n) is 5.13. The monoisotopic (exact) mass is 322 g/mol. The van der Waals surface area contributed by atoms with Gasteiger partial charge in [0.1, 0.15) is 0 Å². The van der Waals surface area contributed by atoms with Crippen LogP contribution in [-0.4, -0.2) is 12.2 Å². The lowest BCUT2D eigenvalue weighted by Gasteiger charge is -1.96. The Morgan fingerprint density at radius 2 is 1.83 bits per heavy atom. The van der Waals surface area contributed by atoms with Gasteiger partial charge in [0.15, 0.2) is 0 Å². The van der Waals surface area contributed by atoms with Gasteiger partial charge >= 0.3 is 0 Å². The molecule has 92 valence electrons. The van der Waals surface area contributed by atoms with E-state index in [-0.39, 0.29) is 5.96 Å². The molecule has 0 radical (unpaired) electrons. The Balaban J connectivity index is 2.18. The molecule has 4 nitrogen and oxygen atoms in total. The summed E-state index contributed by atoms with van der Waals surface area (Å²) in [6.45, 7) is 0. The van der Waals surface area contributed by atoms with Crippen molar-refractivity contribution in [2.24, 2.45) is 21.7 Å². The summed E-state index contributed by atoms with van der Waals surface area (Å²) in [5, 5.41) is 7.33. The van der Waals surface area contributed by atoms with Crippen LogP contribution in [0.15, 0.2) is 51.1 Å². The van der Waals surface area contributed by atoms with Crippen LogP contribution in [0.4, 0.5) is 0 Å². The number of hydrogen-bond donors (Lipinski definition) is 2.